The highest BCUT2D eigenvalue weighted by molar-refractivity contribution is 14.1. The largest absolute Gasteiger partial charge is 0.468 e. The van der Waals surface area contributed by atoms with Gasteiger partial charge in [0, 0.05) is 3.58 Å². The summed E-state index contributed by atoms with van der Waals surface area (Å²) in [4.78, 5) is 11.7. The lowest BCUT2D eigenvalue weighted by Crippen LogP contribution is -2.47. The Balaban J connectivity index is 2.47. The zero-order valence-electron chi connectivity index (χ0n) is 10.3. The van der Waals surface area contributed by atoms with Crippen molar-refractivity contribution in [2.75, 3.05) is 7.11 Å². The van der Waals surface area contributed by atoms with E-state index in [0.29, 0.717) is 0 Å². The number of carbonyl (C=O) groups is 1. The van der Waals surface area contributed by atoms with Crippen molar-refractivity contribution in [3.05, 3.63) is 51.6 Å². The summed E-state index contributed by atoms with van der Waals surface area (Å²) >= 11 is 1.82. The average molecular weight is 373 g/mol. The van der Waals surface area contributed by atoms with Crippen LogP contribution in [0.15, 0.2) is 46.1 Å². The van der Waals surface area contributed by atoms with Crippen LogP contribution in [-0.2, 0) is 9.53 Å². The minimum atomic E-state index is -2.22. The van der Waals surface area contributed by atoms with Gasteiger partial charge in [0.05, 0.1) is 7.11 Å². The van der Waals surface area contributed by atoms with Crippen molar-refractivity contribution in [1.29, 1.82) is 0 Å². The molecular weight excluding hydrogens is 360 g/mol. The van der Waals surface area contributed by atoms with Crippen LogP contribution < -0.4 is 5.73 Å². The highest BCUT2D eigenvalue weighted by atomic mass is 127. The van der Waals surface area contributed by atoms with Crippen LogP contribution in [0.4, 0.5) is 4.39 Å². The first-order valence-corrected chi connectivity index (χ1v) is 6.75. The molecule has 0 heterocycles. The molecule has 2 unspecified atom stereocenters. The summed E-state index contributed by atoms with van der Waals surface area (Å²) in [7, 11) is 1.22. The fourth-order valence-corrected chi connectivity index (χ4v) is 2.59. The van der Waals surface area contributed by atoms with Crippen molar-refractivity contribution in [3.63, 3.8) is 0 Å². The summed E-state index contributed by atoms with van der Waals surface area (Å²) in [5.41, 5.74) is 7.26. The van der Waals surface area contributed by atoms with E-state index >= 15 is 0 Å². The molecule has 1 aromatic carbocycles. The lowest BCUT2D eigenvalue weighted by Gasteiger charge is -2.30. The van der Waals surface area contributed by atoms with E-state index in [2.05, 4.69) is 4.74 Å². The lowest BCUT2D eigenvalue weighted by atomic mass is 9.87. The second kappa shape index (κ2) is 5.42. The molecule has 5 heteroatoms. The molecule has 2 N–H and O–H groups in total. The van der Waals surface area contributed by atoms with Gasteiger partial charge in [0.15, 0.2) is 0 Å². The maximum absolute atomic E-state index is 14.4. The summed E-state index contributed by atoms with van der Waals surface area (Å²) in [6, 6.07) is 9.43. The van der Waals surface area contributed by atoms with Gasteiger partial charge in [-0.25, -0.2) is 4.39 Å². The number of methoxy groups -OCH3 is 1. The number of halogens is 2. The molecular formula is C14H13FINO2. The van der Waals surface area contributed by atoms with Gasteiger partial charge in [-0.05, 0) is 39.8 Å². The molecule has 1 aliphatic carbocycles. The summed E-state index contributed by atoms with van der Waals surface area (Å²) < 4.78 is 19.3. The van der Waals surface area contributed by atoms with Crippen LogP contribution in [0, 0.1) is 5.92 Å². The molecule has 0 saturated heterocycles. The van der Waals surface area contributed by atoms with Crippen molar-refractivity contribution in [2.24, 2.45) is 11.7 Å². The van der Waals surface area contributed by atoms with Crippen molar-refractivity contribution in [2.45, 2.75) is 5.79 Å². The highest BCUT2D eigenvalue weighted by Gasteiger charge is 2.44. The molecule has 2 atom stereocenters. The molecule has 0 amide bonds. The minimum Gasteiger partial charge on any atom is -0.468 e. The van der Waals surface area contributed by atoms with Gasteiger partial charge >= 0.3 is 5.97 Å². The van der Waals surface area contributed by atoms with E-state index in [9.17, 15) is 9.18 Å². The average Bonchev–Trinajstić information content (AvgIpc) is 2.42. The summed E-state index contributed by atoms with van der Waals surface area (Å²) in [6.07, 6.45) is 3.17. The number of hydrogen-bond donors (Lipinski definition) is 1. The van der Waals surface area contributed by atoms with Crippen LogP contribution in [0.3, 0.4) is 0 Å². The van der Waals surface area contributed by atoms with Gasteiger partial charge in [-0.1, -0.05) is 36.4 Å². The monoisotopic (exact) mass is 373 g/mol. The number of hydrogen-bond acceptors (Lipinski definition) is 3. The molecule has 3 nitrogen and oxygen atoms in total. The Morgan fingerprint density at radius 1 is 1.42 bits per heavy atom. The predicted molar refractivity (Wildman–Crippen MR) is 80.1 cm³/mol. The van der Waals surface area contributed by atoms with E-state index in [1.165, 1.54) is 13.2 Å². The number of rotatable bonds is 2. The Morgan fingerprint density at radius 3 is 2.63 bits per heavy atom. The minimum absolute atomic E-state index is 0.279. The van der Waals surface area contributed by atoms with Crippen LogP contribution in [0.1, 0.15) is 5.56 Å². The zero-order valence-corrected chi connectivity index (χ0v) is 12.4. The van der Waals surface area contributed by atoms with E-state index < -0.39 is 17.7 Å². The number of allylic oxidation sites excluding steroid dienone is 2. The molecule has 0 fully saturated rings. The molecule has 1 aromatic rings. The quantitative estimate of drug-likeness (QED) is 0.493. The van der Waals surface area contributed by atoms with Gasteiger partial charge in [0.25, 0.3) is 0 Å². The van der Waals surface area contributed by atoms with E-state index in [-0.39, 0.29) is 3.58 Å². The number of ether oxygens (including phenoxy) is 1. The molecule has 0 aliphatic heterocycles. The summed E-state index contributed by atoms with van der Waals surface area (Å²) in [6.45, 7) is 0. The molecule has 0 aromatic heterocycles. The Kier molecular flexibility index (Phi) is 4.05. The van der Waals surface area contributed by atoms with Crippen LogP contribution in [0.25, 0.3) is 5.57 Å². The van der Waals surface area contributed by atoms with Crippen molar-refractivity contribution >= 4 is 34.1 Å². The normalized spacial score (nSPS) is 26.4. The molecule has 0 bridgehead atoms. The Morgan fingerprint density at radius 2 is 2.05 bits per heavy atom. The smallest absolute Gasteiger partial charge is 0.317 e. The van der Waals surface area contributed by atoms with Crippen LogP contribution >= 0.6 is 22.6 Å². The third-order valence-corrected chi connectivity index (χ3v) is 4.15. The van der Waals surface area contributed by atoms with E-state index in [1.54, 1.807) is 6.08 Å². The molecule has 0 saturated carbocycles. The predicted octanol–water partition coefficient (Wildman–Crippen LogP) is 2.82. The number of alkyl halides is 1. The van der Waals surface area contributed by atoms with Crippen molar-refractivity contribution in [1.82, 2.24) is 0 Å². The maximum atomic E-state index is 14.4. The standard InChI is InChI=1S/C14H13FINO2/c1-19-13(18)11-7-10(8-12(16)14(11,15)17)9-5-3-2-4-6-9/h2-8,11H,17H2,1H3. The van der Waals surface area contributed by atoms with Crippen LogP contribution in [0.5, 0.6) is 0 Å². The van der Waals surface area contributed by atoms with Crippen molar-refractivity contribution < 1.29 is 13.9 Å². The van der Waals surface area contributed by atoms with Gasteiger partial charge in [-0.15, -0.1) is 0 Å². The first-order valence-electron chi connectivity index (χ1n) is 5.67. The van der Waals surface area contributed by atoms with E-state index in [0.717, 1.165) is 11.1 Å². The van der Waals surface area contributed by atoms with Crippen molar-refractivity contribution in [3.8, 4) is 0 Å². The number of carbonyl (C=O) groups excluding carboxylic acids is 1. The summed E-state index contributed by atoms with van der Waals surface area (Å²) in [5, 5.41) is 0. The van der Waals surface area contributed by atoms with Gasteiger partial charge in [-0.2, -0.15) is 0 Å². The fourth-order valence-electron chi connectivity index (χ4n) is 1.92. The molecule has 0 spiro atoms. The van der Waals surface area contributed by atoms with E-state index in [1.807, 2.05) is 52.9 Å². The Bertz CT molecular complexity index is 552. The van der Waals surface area contributed by atoms with Crippen LogP contribution in [-0.4, -0.2) is 18.9 Å². The first kappa shape index (κ1) is 14.2. The molecule has 100 valence electrons. The van der Waals surface area contributed by atoms with Gasteiger partial charge in [0.2, 0.25) is 5.79 Å². The van der Waals surface area contributed by atoms with E-state index in [4.69, 9.17) is 5.73 Å². The Labute approximate surface area is 124 Å². The maximum Gasteiger partial charge on any atom is 0.317 e. The van der Waals surface area contributed by atoms with Gasteiger partial charge < -0.3 is 4.74 Å². The van der Waals surface area contributed by atoms with Crippen LogP contribution in [0.2, 0.25) is 0 Å². The zero-order chi connectivity index (χ0) is 14.0. The molecule has 2 rings (SSSR count). The molecule has 19 heavy (non-hydrogen) atoms. The third kappa shape index (κ3) is 2.71. The third-order valence-electron chi connectivity index (χ3n) is 3.01. The molecule has 0 radical (unpaired) electrons. The number of nitrogens with two attached hydrogens (primary N) is 1. The molecule has 1 aliphatic rings. The topological polar surface area (TPSA) is 52.3 Å². The highest BCUT2D eigenvalue weighted by Crippen LogP contribution is 2.39. The second-order valence-corrected chi connectivity index (χ2v) is 5.41. The second-order valence-electron chi connectivity index (χ2n) is 4.25. The number of benzene rings is 1. The summed E-state index contributed by atoms with van der Waals surface area (Å²) in [5.74, 6) is -4.03. The lowest BCUT2D eigenvalue weighted by molar-refractivity contribution is -0.147. The van der Waals surface area contributed by atoms with Gasteiger partial charge in [-0.3, -0.25) is 10.5 Å². The van der Waals surface area contributed by atoms with Gasteiger partial charge in [0.1, 0.15) is 5.92 Å². The SMILES string of the molecule is COC(=O)C1C=C(c2ccccc2)C=C(I)C1(N)F. The Hall–Kier alpha value is -1.21. The number of esters is 1. The fraction of sp³-hybridized carbons (Fsp3) is 0.214. The first-order chi connectivity index (χ1) is 8.96.